The van der Waals surface area contributed by atoms with Crippen molar-refractivity contribution in [1.29, 1.82) is 0 Å². The number of hydrogen-bond donors (Lipinski definition) is 0. The van der Waals surface area contributed by atoms with Gasteiger partial charge in [0.2, 0.25) is 0 Å². The van der Waals surface area contributed by atoms with Crippen molar-refractivity contribution < 1.29 is 57.7 Å². The van der Waals surface area contributed by atoms with Crippen LogP contribution in [0.1, 0.15) is 80.4 Å². The first-order valence-corrected chi connectivity index (χ1v) is 16.3. The van der Waals surface area contributed by atoms with Gasteiger partial charge >= 0.3 is 240 Å². The fraction of sp³-hybridized carbons (Fsp3) is 0.371. The Morgan fingerprint density at radius 3 is 1.25 bits per heavy atom. The van der Waals surface area contributed by atoms with Crippen molar-refractivity contribution in [3.8, 4) is 0 Å². The minimum Gasteiger partial charge on any atom is -1.00 e. The quantitative estimate of drug-likeness (QED) is 0.245. The van der Waals surface area contributed by atoms with E-state index in [-0.39, 0.29) is 53.1 Å². The van der Waals surface area contributed by atoms with Gasteiger partial charge in [-0.05, 0) is 0 Å². The van der Waals surface area contributed by atoms with Gasteiger partial charge < -0.3 is 37.2 Å². The van der Waals surface area contributed by atoms with E-state index in [2.05, 4.69) is 169 Å². The number of hydrogen-bond acceptors (Lipinski definition) is 0. The normalized spacial score (nSPS) is 17.7. The van der Waals surface area contributed by atoms with E-state index in [9.17, 15) is 0 Å². The van der Waals surface area contributed by atoms with Crippen LogP contribution in [0.5, 0.6) is 0 Å². The molecule has 1 atom stereocenters. The van der Waals surface area contributed by atoms with Crippen molar-refractivity contribution in [3.63, 3.8) is 0 Å². The third kappa shape index (κ3) is 5.90. The molecule has 1 aliphatic carbocycles. The molecule has 0 aromatic heterocycles. The predicted molar refractivity (Wildman–Crippen MR) is 161 cm³/mol. The fourth-order valence-corrected chi connectivity index (χ4v) is 14.0. The van der Waals surface area contributed by atoms with Crippen LogP contribution in [0.2, 0.25) is 5.04 Å². The van der Waals surface area contributed by atoms with E-state index in [1.807, 2.05) is 0 Å². The Bertz CT molecular complexity index is 1280. The van der Waals surface area contributed by atoms with Crippen molar-refractivity contribution >= 4 is 23.6 Å². The molecule has 0 saturated heterocycles. The summed E-state index contributed by atoms with van der Waals surface area (Å²) in [6.07, 6.45) is 0. The maximum Gasteiger partial charge on any atom is -1.00 e. The molecule has 0 amide bonds. The van der Waals surface area contributed by atoms with Gasteiger partial charge in [0.25, 0.3) is 0 Å². The second-order valence-electron chi connectivity index (χ2n) is 13.2. The monoisotopic (exact) mass is 644 g/mol. The van der Waals surface area contributed by atoms with Crippen LogP contribution in [0.25, 0.3) is 0 Å². The van der Waals surface area contributed by atoms with Gasteiger partial charge in [0, 0.05) is 0 Å². The summed E-state index contributed by atoms with van der Waals surface area (Å²) in [6.45, 7) is 23.8. The van der Waals surface area contributed by atoms with E-state index in [4.69, 9.17) is 0 Å². The van der Waals surface area contributed by atoms with E-state index in [0.717, 1.165) is 0 Å². The first-order chi connectivity index (χ1) is 17.2. The first-order valence-electron chi connectivity index (χ1n) is 13.6. The summed E-state index contributed by atoms with van der Waals surface area (Å²) in [6, 6.07) is 30.6. The van der Waals surface area contributed by atoms with Crippen molar-refractivity contribution in [3.05, 3.63) is 111 Å². The van der Waals surface area contributed by atoms with Crippen molar-refractivity contribution in [2.24, 2.45) is 0 Å². The summed E-state index contributed by atoms with van der Waals surface area (Å²) in [4.78, 5) is 0. The summed E-state index contributed by atoms with van der Waals surface area (Å²) < 4.78 is 1.53. The zero-order valence-electron chi connectivity index (χ0n) is 25.6. The molecule has 0 radical (unpaired) electrons. The average molecular weight is 646 g/mol. The molecular weight excluding hydrogens is 603 g/mol. The molecule has 5 heteroatoms. The van der Waals surface area contributed by atoms with Gasteiger partial charge in [-0.3, -0.25) is 0 Å². The molecule has 0 N–H and O–H groups in total. The molecule has 4 rings (SSSR count). The van der Waals surface area contributed by atoms with Crippen LogP contribution in [0.15, 0.2) is 99.5 Å². The molecule has 0 fully saturated rings. The Balaban J connectivity index is 0.00000267. The first kappa shape index (κ1) is 37.0. The summed E-state index contributed by atoms with van der Waals surface area (Å²) in [5.74, 6) is 0. The Labute approximate surface area is 275 Å². The number of rotatable bonds is 4. The molecule has 1 unspecified atom stereocenters. The van der Waals surface area contributed by atoms with Crippen LogP contribution in [0.3, 0.4) is 0 Å². The smallest absolute Gasteiger partial charge is 1.00 e. The van der Waals surface area contributed by atoms with E-state index in [0.29, 0.717) is 0 Å². The van der Waals surface area contributed by atoms with E-state index in [1.54, 1.807) is 0 Å². The van der Waals surface area contributed by atoms with Crippen molar-refractivity contribution in [2.45, 2.75) is 85.1 Å². The summed E-state index contributed by atoms with van der Waals surface area (Å²) in [7, 11) is -2.66. The Morgan fingerprint density at radius 1 is 0.575 bits per heavy atom. The second kappa shape index (κ2) is 13.1. The number of halogens is 3. The molecule has 3 aromatic carbocycles. The zero-order valence-corrected chi connectivity index (χ0v) is 30.5. The SMILES string of the molecule is CC1=C(C)C(C)([Si](c2ccccc2)(c2ccccc2)c2cc(C(C)(C)C)cc(C(C)(C)C)c2)[C]([Ti+3])=C1C.[Cl-].[Cl-].[Cl-]. The molecule has 0 bridgehead atoms. The molecule has 40 heavy (non-hydrogen) atoms. The minimum atomic E-state index is -2.66. The van der Waals surface area contributed by atoms with Gasteiger partial charge in [-0.15, -0.1) is 0 Å². The molecule has 1 aliphatic rings. The summed E-state index contributed by atoms with van der Waals surface area (Å²) >= 11 is 2.40. The number of benzene rings is 3. The Morgan fingerprint density at radius 2 is 0.950 bits per heavy atom. The molecule has 0 aliphatic heterocycles. The van der Waals surface area contributed by atoms with Gasteiger partial charge in [0.05, 0.1) is 0 Å². The molecule has 0 heterocycles. The standard InChI is InChI=1S/C35H43Si.3ClH.Ti/c1-25-24-35(10,27(3)26(25)2)36(30-17-13-11-14-18-30,31-19-15-12-16-20-31)32-22-28(33(4,5)6)21-29(23-32)34(7,8)9;;;;/h11-23H,1-10H3;3*1H;/q;;;;+3/p-3. The largest absolute Gasteiger partial charge is 1.00 e. The molecule has 0 nitrogen and oxygen atoms in total. The van der Waals surface area contributed by atoms with E-state index in [1.165, 1.54) is 47.3 Å². The third-order valence-electron chi connectivity index (χ3n) is 9.01. The molecule has 212 valence electrons. The summed E-state index contributed by atoms with van der Waals surface area (Å²) in [5.41, 5.74) is 7.43. The van der Waals surface area contributed by atoms with E-state index >= 15 is 0 Å². The van der Waals surface area contributed by atoms with Crippen LogP contribution in [-0.4, -0.2) is 8.07 Å². The van der Waals surface area contributed by atoms with Gasteiger partial charge in [0.1, 0.15) is 0 Å². The van der Waals surface area contributed by atoms with Crippen molar-refractivity contribution in [2.75, 3.05) is 0 Å². The maximum absolute atomic E-state index is 2.66. The average Bonchev–Trinajstić information content (AvgIpc) is 3.00. The molecule has 0 saturated carbocycles. The topological polar surface area (TPSA) is 0 Å². The molecule has 0 spiro atoms. The van der Waals surface area contributed by atoms with Gasteiger partial charge in [-0.25, -0.2) is 0 Å². The molecule has 3 aromatic rings. The zero-order chi connectivity index (χ0) is 27.4. The maximum atomic E-state index is 2.58. The van der Waals surface area contributed by atoms with Crippen LogP contribution in [-0.2, 0) is 31.3 Å². The molecular formula is C35H43Cl3SiTi. The van der Waals surface area contributed by atoms with Crippen LogP contribution < -0.4 is 52.8 Å². The second-order valence-corrected chi connectivity index (χ2v) is 18.2. The van der Waals surface area contributed by atoms with Crippen LogP contribution in [0.4, 0.5) is 0 Å². The van der Waals surface area contributed by atoms with Crippen molar-refractivity contribution in [1.82, 2.24) is 0 Å². The predicted octanol–water partition coefficient (Wildman–Crippen LogP) is -1.31. The van der Waals surface area contributed by atoms with Crippen LogP contribution >= 0.6 is 0 Å². The Hall–Kier alpha value is -1.06. The minimum absolute atomic E-state index is 0. The number of allylic oxidation sites excluding steroid dienone is 4. The van der Waals surface area contributed by atoms with Gasteiger partial charge in [0.15, 0.2) is 0 Å². The fourth-order valence-electron chi connectivity index (χ4n) is 6.33. The van der Waals surface area contributed by atoms with Crippen LogP contribution in [0, 0.1) is 0 Å². The van der Waals surface area contributed by atoms with Gasteiger partial charge in [-0.2, -0.15) is 0 Å². The van der Waals surface area contributed by atoms with Gasteiger partial charge in [-0.1, -0.05) is 0 Å². The third-order valence-corrected chi connectivity index (χ3v) is 16.4. The van der Waals surface area contributed by atoms with E-state index < -0.39 is 8.07 Å². The summed E-state index contributed by atoms with van der Waals surface area (Å²) in [5, 5.41) is 4.40. The Kier molecular flexibility index (Phi) is 12.1.